The first kappa shape index (κ1) is 9.97. The van der Waals surface area contributed by atoms with Gasteiger partial charge in [-0.3, -0.25) is 0 Å². The van der Waals surface area contributed by atoms with Crippen molar-refractivity contribution in [1.82, 2.24) is 0 Å². The average Bonchev–Trinajstić information content (AvgIpc) is 2.15. The van der Waals surface area contributed by atoms with Gasteiger partial charge >= 0.3 is 0 Å². The molecule has 0 aliphatic rings. The van der Waals surface area contributed by atoms with Crippen LogP contribution in [0.5, 0.6) is 0 Å². The summed E-state index contributed by atoms with van der Waals surface area (Å²) in [5, 5.41) is 0. The third-order valence-electron chi connectivity index (χ3n) is 2.30. The van der Waals surface area contributed by atoms with Crippen LogP contribution in [0.3, 0.4) is 0 Å². The monoisotopic (exact) mass is 176 g/mol. The number of Topliss-reactive ketones (excluding diaryl/α,β-unsaturated/α-hetero) is 1. The van der Waals surface area contributed by atoms with Gasteiger partial charge in [0.1, 0.15) is 5.78 Å². The molecule has 0 amide bonds. The van der Waals surface area contributed by atoms with Crippen LogP contribution in [0, 0.1) is 0 Å². The van der Waals surface area contributed by atoms with Crippen molar-refractivity contribution >= 4 is 5.78 Å². The van der Waals surface area contributed by atoms with Crippen molar-refractivity contribution in [1.29, 1.82) is 0 Å². The molecule has 0 radical (unpaired) electrons. The van der Waals surface area contributed by atoms with E-state index in [0.29, 0.717) is 12.3 Å². The van der Waals surface area contributed by atoms with Gasteiger partial charge in [-0.2, -0.15) is 0 Å². The van der Waals surface area contributed by atoms with E-state index in [9.17, 15) is 4.79 Å². The zero-order valence-corrected chi connectivity index (χ0v) is 8.29. The SMILES string of the molecule is CC(=O)CCC(C)c1ccccc1. The van der Waals surface area contributed by atoms with Crippen LogP contribution in [-0.2, 0) is 4.79 Å². The maximum absolute atomic E-state index is 10.8. The zero-order valence-electron chi connectivity index (χ0n) is 8.29. The first-order chi connectivity index (χ1) is 6.20. The summed E-state index contributed by atoms with van der Waals surface area (Å²) < 4.78 is 0. The lowest BCUT2D eigenvalue weighted by Gasteiger charge is -2.09. The molecule has 0 aliphatic heterocycles. The minimum Gasteiger partial charge on any atom is -0.300 e. The summed E-state index contributed by atoms with van der Waals surface area (Å²) in [4.78, 5) is 10.8. The second kappa shape index (κ2) is 4.80. The van der Waals surface area contributed by atoms with E-state index in [4.69, 9.17) is 0 Å². The minimum atomic E-state index is 0.280. The fourth-order valence-electron chi connectivity index (χ4n) is 1.37. The van der Waals surface area contributed by atoms with Gasteiger partial charge in [-0.25, -0.2) is 0 Å². The number of hydrogen-bond acceptors (Lipinski definition) is 1. The summed E-state index contributed by atoms with van der Waals surface area (Å²) in [6, 6.07) is 10.3. The summed E-state index contributed by atoms with van der Waals surface area (Å²) in [6.07, 6.45) is 1.65. The molecule has 0 bridgehead atoms. The Labute approximate surface area is 79.8 Å². The second-order valence-corrected chi connectivity index (χ2v) is 3.55. The van der Waals surface area contributed by atoms with Crippen molar-refractivity contribution in [3.63, 3.8) is 0 Å². The van der Waals surface area contributed by atoms with Crippen molar-refractivity contribution in [2.75, 3.05) is 0 Å². The molecule has 0 aliphatic carbocycles. The summed E-state index contributed by atoms with van der Waals surface area (Å²) in [6.45, 7) is 3.82. The smallest absolute Gasteiger partial charge is 0.129 e. The van der Waals surface area contributed by atoms with E-state index in [-0.39, 0.29) is 5.78 Å². The molecule has 1 unspecified atom stereocenters. The molecular weight excluding hydrogens is 160 g/mol. The maximum atomic E-state index is 10.8. The Morgan fingerprint density at radius 1 is 1.31 bits per heavy atom. The van der Waals surface area contributed by atoms with Gasteiger partial charge in [0.2, 0.25) is 0 Å². The topological polar surface area (TPSA) is 17.1 Å². The van der Waals surface area contributed by atoms with E-state index < -0.39 is 0 Å². The lowest BCUT2D eigenvalue weighted by molar-refractivity contribution is -0.117. The van der Waals surface area contributed by atoms with Crippen LogP contribution in [0.4, 0.5) is 0 Å². The van der Waals surface area contributed by atoms with Gasteiger partial charge in [-0.15, -0.1) is 0 Å². The van der Waals surface area contributed by atoms with Crippen LogP contribution < -0.4 is 0 Å². The highest BCUT2D eigenvalue weighted by Gasteiger charge is 2.05. The first-order valence-electron chi connectivity index (χ1n) is 4.74. The number of carbonyl (C=O) groups excluding carboxylic acids is 1. The predicted molar refractivity (Wildman–Crippen MR) is 54.8 cm³/mol. The highest BCUT2D eigenvalue weighted by Crippen LogP contribution is 2.19. The minimum absolute atomic E-state index is 0.280. The Morgan fingerprint density at radius 2 is 1.92 bits per heavy atom. The zero-order chi connectivity index (χ0) is 9.68. The van der Waals surface area contributed by atoms with Crippen LogP contribution in [-0.4, -0.2) is 5.78 Å². The summed E-state index contributed by atoms with van der Waals surface area (Å²) in [7, 11) is 0. The molecule has 1 aromatic rings. The molecule has 0 aromatic heterocycles. The molecule has 1 nitrogen and oxygen atoms in total. The second-order valence-electron chi connectivity index (χ2n) is 3.55. The molecule has 1 rings (SSSR count). The van der Waals surface area contributed by atoms with Crippen molar-refractivity contribution in [3.8, 4) is 0 Å². The molecule has 0 saturated carbocycles. The van der Waals surface area contributed by atoms with E-state index >= 15 is 0 Å². The third-order valence-corrected chi connectivity index (χ3v) is 2.30. The predicted octanol–water partition coefficient (Wildman–Crippen LogP) is 3.16. The molecule has 1 aromatic carbocycles. The van der Waals surface area contributed by atoms with E-state index in [2.05, 4.69) is 19.1 Å². The van der Waals surface area contributed by atoms with Crippen molar-refractivity contribution < 1.29 is 4.79 Å². The Morgan fingerprint density at radius 3 is 2.46 bits per heavy atom. The van der Waals surface area contributed by atoms with Gasteiger partial charge in [0.25, 0.3) is 0 Å². The molecule has 1 heteroatoms. The summed E-state index contributed by atoms with van der Waals surface area (Å²) >= 11 is 0. The van der Waals surface area contributed by atoms with Gasteiger partial charge < -0.3 is 4.79 Å². The lowest BCUT2D eigenvalue weighted by atomic mass is 9.95. The van der Waals surface area contributed by atoms with E-state index in [0.717, 1.165) is 6.42 Å². The van der Waals surface area contributed by atoms with E-state index in [1.54, 1.807) is 6.92 Å². The molecule has 0 saturated heterocycles. The molecule has 70 valence electrons. The van der Waals surface area contributed by atoms with Gasteiger partial charge in [0.15, 0.2) is 0 Å². The largest absolute Gasteiger partial charge is 0.300 e. The fourth-order valence-corrected chi connectivity index (χ4v) is 1.37. The Kier molecular flexibility index (Phi) is 3.69. The van der Waals surface area contributed by atoms with E-state index in [1.807, 2.05) is 18.2 Å². The van der Waals surface area contributed by atoms with Gasteiger partial charge in [0, 0.05) is 6.42 Å². The van der Waals surface area contributed by atoms with E-state index in [1.165, 1.54) is 5.56 Å². The van der Waals surface area contributed by atoms with Gasteiger partial charge in [-0.1, -0.05) is 37.3 Å². The molecule has 0 fully saturated rings. The number of benzene rings is 1. The van der Waals surface area contributed by atoms with Crippen LogP contribution >= 0.6 is 0 Å². The quantitative estimate of drug-likeness (QED) is 0.688. The average molecular weight is 176 g/mol. The lowest BCUT2D eigenvalue weighted by Crippen LogP contribution is -1.97. The molecule has 1 atom stereocenters. The number of carbonyl (C=O) groups is 1. The van der Waals surface area contributed by atoms with Crippen molar-refractivity contribution in [3.05, 3.63) is 35.9 Å². The van der Waals surface area contributed by atoms with Gasteiger partial charge in [0.05, 0.1) is 0 Å². The Balaban J connectivity index is 2.49. The van der Waals surface area contributed by atoms with Gasteiger partial charge in [-0.05, 0) is 24.8 Å². The van der Waals surface area contributed by atoms with Crippen LogP contribution in [0.15, 0.2) is 30.3 Å². The standard InChI is InChI=1S/C12H16O/c1-10(8-9-11(2)13)12-6-4-3-5-7-12/h3-7,10H,8-9H2,1-2H3. The fraction of sp³-hybridized carbons (Fsp3) is 0.417. The molecule has 13 heavy (non-hydrogen) atoms. The molecule has 0 N–H and O–H groups in total. The molecule has 0 spiro atoms. The maximum Gasteiger partial charge on any atom is 0.129 e. The number of rotatable bonds is 4. The normalized spacial score (nSPS) is 12.5. The van der Waals surface area contributed by atoms with Crippen LogP contribution in [0.25, 0.3) is 0 Å². The Hall–Kier alpha value is -1.11. The summed E-state index contributed by atoms with van der Waals surface area (Å²) in [5.41, 5.74) is 1.32. The van der Waals surface area contributed by atoms with Crippen LogP contribution in [0.2, 0.25) is 0 Å². The molecular formula is C12H16O. The van der Waals surface area contributed by atoms with Crippen LogP contribution in [0.1, 0.15) is 38.2 Å². The summed E-state index contributed by atoms with van der Waals surface area (Å²) in [5.74, 6) is 0.771. The first-order valence-corrected chi connectivity index (χ1v) is 4.74. The van der Waals surface area contributed by atoms with Crippen molar-refractivity contribution in [2.24, 2.45) is 0 Å². The highest BCUT2D eigenvalue weighted by atomic mass is 16.1. The highest BCUT2D eigenvalue weighted by molar-refractivity contribution is 5.75. The molecule has 0 heterocycles. The number of hydrogen-bond donors (Lipinski definition) is 0. The van der Waals surface area contributed by atoms with Crippen molar-refractivity contribution in [2.45, 2.75) is 32.6 Å². The number of ketones is 1. The third kappa shape index (κ3) is 3.41. The Bertz CT molecular complexity index is 264.